The zero-order valence-electron chi connectivity index (χ0n) is 20.6. The lowest BCUT2D eigenvalue weighted by atomic mass is 9.94. The first kappa shape index (κ1) is 25.2. The van der Waals surface area contributed by atoms with Crippen LogP contribution in [0.25, 0.3) is 10.8 Å². The molecular formula is C29H38N2O4. The molecule has 1 aliphatic heterocycles. The number of hydrogen-bond donors (Lipinski definition) is 2. The maximum atomic E-state index is 13.2. The standard InChI is InChI=1S/C29H38N2O4/c32-28(33)14-6-1-3-11-24(21-35-27-16-15-22-9-7-8-10-23(22)19-27)29(34)30-25-17-18-31(20-25)26-12-4-2-5-13-26/h7-11,15-16,19,25-26H,1-6,12-14,17-18,20-21H2,(H,30,34)(H,32,33). The first-order valence-electron chi connectivity index (χ1n) is 13.2. The second-order valence-electron chi connectivity index (χ2n) is 9.91. The van der Waals surface area contributed by atoms with Crippen LogP contribution < -0.4 is 10.1 Å². The molecule has 1 amide bonds. The van der Waals surface area contributed by atoms with Gasteiger partial charge in [0, 0.05) is 31.6 Å². The number of rotatable bonds is 11. The molecule has 1 atom stereocenters. The molecule has 35 heavy (non-hydrogen) atoms. The summed E-state index contributed by atoms with van der Waals surface area (Å²) in [6.45, 7) is 2.17. The van der Waals surface area contributed by atoms with Crippen molar-refractivity contribution in [2.75, 3.05) is 19.7 Å². The van der Waals surface area contributed by atoms with Crippen LogP contribution in [0.15, 0.2) is 54.1 Å². The van der Waals surface area contributed by atoms with Crippen molar-refractivity contribution in [3.8, 4) is 5.75 Å². The van der Waals surface area contributed by atoms with E-state index in [1.165, 1.54) is 32.1 Å². The van der Waals surface area contributed by atoms with Gasteiger partial charge in [0.15, 0.2) is 0 Å². The minimum absolute atomic E-state index is 0.0699. The van der Waals surface area contributed by atoms with Gasteiger partial charge in [-0.25, -0.2) is 0 Å². The van der Waals surface area contributed by atoms with Gasteiger partial charge in [0.05, 0.1) is 5.57 Å². The highest BCUT2D eigenvalue weighted by Crippen LogP contribution is 2.26. The first-order valence-corrected chi connectivity index (χ1v) is 13.2. The van der Waals surface area contributed by atoms with Crippen molar-refractivity contribution in [3.05, 3.63) is 54.1 Å². The molecule has 2 N–H and O–H groups in total. The van der Waals surface area contributed by atoms with Crippen LogP contribution in [-0.4, -0.2) is 53.7 Å². The Labute approximate surface area is 208 Å². The van der Waals surface area contributed by atoms with Gasteiger partial charge in [-0.3, -0.25) is 14.5 Å². The number of nitrogens with zero attached hydrogens (tertiary/aromatic N) is 1. The highest BCUT2D eigenvalue weighted by atomic mass is 16.5. The van der Waals surface area contributed by atoms with Crippen molar-refractivity contribution in [2.24, 2.45) is 0 Å². The fourth-order valence-corrected chi connectivity index (χ4v) is 5.29. The van der Waals surface area contributed by atoms with Gasteiger partial charge < -0.3 is 15.2 Å². The summed E-state index contributed by atoms with van der Waals surface area (Å²) in [5, 5.41) is 14.4. The number of carboxylic acids is 1. The van der Waals surface area contributed by atoms with Gasteiger partial charge in [0.1, 0.15) is 12.4 Å². The van der Waals surface area contributed by atoms with Crippen molar-refractivity contribution in [1.29, 1.82) is 0 Å². The molecule has 0 spiro atoms. The maximum Gasteiger partial charge on any atom is 0.303 e. The molecule has 4 rings (SSSR count). The molecule has 1 saturated carbocycles. The number of ether oxygens (including phenoxy) is 1. The van der Waals surface area contributed by atoms with Gasteiger partial charge in [-0.15, -0.1) is 0 Å². The number of carboxylic acid groups (broad SMARTS) is 1. The molecule has 2 fully saturated rings. The summed E-state index contributed by atoms with van der Waals surface area (Å²) in [6, 6.07) is 14.9. The number of likely N-dealkylation sites (tertiary alicyclic amines) is 1. The quantitative estimate of drug-likeness (QED) is 0.338. The van der Waals surface area contributed by atoms with Crippen LogP contribution in [0.2, 0.25) is 0 Å². The predicted octanol–water partition coefficient (Wildman–Crippen LogP) is 5.31. The Morgan fingerprint density at radius 3 is 2.63 bits per heavy atom. The lowest BCUT2D eigenvalue weighted by Crippen LogP contribution is -2.41. The molecule has 2 aromatic carbocycles. The molecule has 0 radical (unpaired) electrons. The summed E-state index contributed by atoms with van der Waals surface area (Å²) in [5.41, 5.74) is 0.615. The van der Waals surface area contributed by atoms with Crippen molar-refractivity contribution in [3.63, 3.8) is 0 Å². The molecule has 0 bridgehead atoms. The largest absolute Gasteiger partial charge is 0.489 e. The Morgan fingerprint density at radius 1 is 1.03 bits per heavy atom. The summed E-state index contributed by atoms with van der Waals surface area (Å²) in [5.74, 6) is -0.118. The van der Waals surface area contributed by atoms with E-state index in [1.807, 2.05) is 42.5 Å². The number of hydrogen-bond acceptors (Lipinski definition) is 4. The fourth-order valence-electron chi connectivity index (χ4n) is 5.29. The van der Waals surface area contributed by atoms with Crippen LogP contribution in [0.1, 0.15) is 64.2 Å². The zero-order chi connectivity index (χ0) is 24.5. The number of allylic oxidation sites excluding steroid dienone is 1. The molecule has 188 valence electrons. The number of benzene rings is 2. The van der Waals surface area contributed by atoms with E-state index in [4.69, 9.17) is 9.84 Å². The number of fused-ring (bicyclic) bond motifs is 1. The average Bonchev–Trinajstić information content (AvgIpc) is 3.34. The molecular weight excluding hydrogens is 440 g/mol. The van der Waals surface area contributed by atoms with Crippen LogP contribution in [0.5, 0.6) is 5.75 Å². The van der Waals surface area contributed by atoms with Crippen LogP contribution in [0.3, 0.4) is 0 Å². The fraction of sp³-hybridized carbons (Fsp3) is 0.517. The molecule has 2 aromatic rings. The SMILES string of the molecule is O=C(O)CCCCC=C(COc1ccc2ccccc2c1)C(=O)NC1CCN(C2CCCCC2)C1. The van der Waals surface area contributed by atoms with Gasteiger partial charge in [-0.1, -0.05) is 55.7 Å². The molecule has 1 saturated heterocycles. The monoisotopic (exact) mass is 478 g/mol. The van der Waals surface area contributed by atoms with Gasteiger partial charge in [0.2, 0.25) is 0 Å². The lowest BCUT2D eigenvalue weighted by molar-refractivity contribution is -0.137. The number of aliphatic carboxylic acids is 1. The summed E-state index contributed by atoms with van der Waals surface area (Å²) in [4.78, 5) is 26.6. The summed E-state index contributed by atoms with van der Waals surface area (Å²) >= 11 is 0. The second kappa shape index (κ2) is 12.7. The minimum Gasteiger partial charge on any atom is -0.489 e. The van der Waals surface area contributed by atoms with Crippen molar-refractivity contribution >= 4 is 22.6 Å². The van der Waals surface area contributed by atoms with E-state index in [1.54, 1.807) is 0 Å². The van der Waals surface area contributed by atoms with Crippen molar-refractivity contribution in [2.45, 2.75) is 76.3 Å². The first-order chi connectivity index (χ1) is 17.1. The Bertz CT molecular complexity index is 1030. The van der Waals surface area contributed by atoms with Crippen LogP contribution >= 0.6 is 0 Å². The van der Waals surface area contributed by atoms with Gasteiger partial charge in [0.25, 0.3) is 5.91 Å². The highest BCUT2D eigenvalue weighted by molar-refractivity contribution is 5.94. The van der Waals surface area contributed by atoms with E-state index in [2.05, 4.69) is 16.3 Å². The number of nitrogens with one attached hydrogen (secondary N) is 1. The Morgan fingerprint density at radius 2 is 1.83 bits per heavy atom. The molecule has 2 aliphatic rings. The minimum atomic E-state index is -0.782. The Hall–Kier alpha value is -2.86. The van der Waals surface area contributed by atoms with Gasteiger partial charge >= 0.3 is 5.97 Å². The lowest BCUT2D eigenvalue weighted by Gasteiger charge is -2.31. The van der Waals surface area contributed by atoms with E-state index >= 15 is 0 Å². The number of carbonyl (C=O) groups is 2. The Balaban J connectivity index is 1.35. The zero-order valence-corrected chi connectivity index (χ0v) is 20.6. The number of carbonyl (C=O) groups excluding carboxylic acids is 1. The van der Waals surface area contributed by atoms with Crippen molar-refractivity contribution in [1.82, 2.24) is 10.2 Å². The molecule has 6 heteroatoms. The third-order valence-electron chi connectivity index (χ3n) is 7.29. The normalized spacial score (nSPS) is 19.7. The molecule has 1 unspecified atom stereocenters. The summed E-state index contributed by atoms with van der Waals surface area (Å²) < 4.78 is 6.04. The van der Waals surface area contributed by atoms with E-state index in [0.29, 0.717) is 24.5 Å². The second-order valence-corrected chi connectivity index (χ2v) is 9.91. The van der Waals surface area contributed by atoms with E-state index < -0.39 is 5.97 Å². The smallest absolute Gasteiger partial charge is 0.303 e. The average molecular weight is 479 g/mol. The summed E-state index contributed by atoms with van der Waals surface area (Å²) in [7, 11) is 0. The third kappa shape index (κ3) is 7.56. The van der Waals surface area contributed by atoms with Crippen LogP contribution in [-0.2, 0) is 9.59 Å². The molecule has 1 aliphatic carbocycles. The molecule has 6 nitrogen and oxygen atoms in total. The number of amides is 1. The van der Waals surface area contributed by atoms with E-state index in [9.17, 15) is 9.59 Å². The van der Waals surface area contributed by atoms with E-state index in [-0.39, 0.29) is 25.0 Å². The topological polar surface area (TPSA) is 78.9 Å². The molecule has 1 heterocycles. The summed E-state index contributed by atoms with van der Waals surface area (Å²) in [6.07, 6.45) is 11.6. The van der Waals surface area contributed by atoms with Gasteiger partial charge in [-0.2, -0.15) is 0 Å². The molecule has 0 aromatic heterocycles. The number of unbranched alkanes of at least 4 members (excludes halogenated alkanes) is 2. The van der Waals surface area contributed by atoms with Crippen LogP contribution in [0.4, 0.5) is 0 Å². The van der Waals surface area contributed by atoms with E-state index in [0.717, 1.165) is 42.5 Å². The Kier molecular flexibility index (Phi) is 9.18. The van der Waals surface area contributed by atoms with Crippen molar-refractivity contribution < 1.29 is 19.4 Å². The van der Waals surface area contributed by atoms with Crippen LogP contribution in [0, 0.1) is 0 Å². The maximum absolute atomic E-state index is 13.2. The van der Waals surface area contributed by atoms with Gasteiger partial charge in [-0.05, 0) is 61.4 Å². The third-order valence-corrected chi connectivity index (χ3v) is 7.29. The predicted molar refractivity (Wildman–Crippen MR) is 139 cm³/mol. The highest BCUT2D eigenvalue weighted by Gasteiger charge is 2.30.